The molecular weight excluding hydrogens is 204 g/mol. The van der Waals surface area contributed by atoms with Gasteiger partial charge in [0.1, 0.15) is 0 Å². The van der Waals surface area contributed by atoms with Crippen LogP contribution in [0.1, 0.15) is 37.9 Å². The van der Waals surface area contributed by atoms with Gasteiger partial charge < -0.3 is 15.6 Å². The molecule has 1 aromatic rings. The molecule has 5 nitrogen and oxygen atoms in total. The molecule has 1 saturated carbocycles. The fourth-order valence-electron chi connectivity index (χ4n) is 1.65. The topological polar surface area (TPSA) is 72.9 Å². The average Bonchev–Trinajstić information content (AvgIpc) is 2.91. The van der Waals surface area contributed by atoms with E-state index < -0.39 is 0 Å². The van der Waals surface area contributed by atoms with E-state index in [-0.39, 0.29) is 11.9 Å². The van der Waals surface area contributed by atoms with Crippen LogP contribution in [0, 0.1) is 0 Å². The van der Waals surface area contributed by atoms with Gasteiger partial charge in [-0.05, 0) is 19.8 Å². The Balaban J connectivity index is 1.83. The summed E-state index contributed by atoms with van der Waals surface area (Å²) >= 11 is 0. The Labute approximate surface area is 95.0 Å². The second-order valence-electron chi connectivity index (χ2n) is 4.39. The SMILES string of the molecule is C[C@@H](N)c1cncn1CCC(=O)NC1CC1. The minimum absolute atomic E-state index is 0.0472. The van der Waals surface area contributed by atoms with Crippen molar-refractivity contribution in [2.24, 2.45) is 5.73 Å². The number of hydrogen-bond donors (Lipinski definition) is 2. The van der Waals surface area contributed by atoms with Crippen molar-refractivity contribution < 1.29 is 4.79 Å². The van der Waals surface area contributed by atoms with Crippen LogP contribution < -0.4 is 11.1 Å². The first-order chi connectivity index (χ1) is 7.66. The van der Waals surface area contributed by atoms with Crippen LogP contribution in [-0.2, 0) is 11.3 Å². The first-order valence-corrected chi connectivity index (χ1v) is 5.72. The Morgan fingerprint density at radius 3 is 3.12 bits per heavy atom. The highest BCUT2D eigenvalue weighted by molar-refractivity contribution is 5.76. The third-order valence-corrected chi connectivity index (χ3v) is 2.73. The number of nitrogens with one attached hydrogen (secondary N) is 1. The molecule has 0 bridgehead atoms. The molecule has 0 radical (unpaired) electrons. The van der Waals surface area contributed by atoms with E-state index in [9.17, 15) is 4.79 Å². The van der Waals surface area contributed by atoms with Crippen molar-refractivity contribution in [1.82, 2.24) is 14.9 Å². The summed E-state index contributed by atoms with van der Waals surface area (Å²) in [6.07, 6.45) is 6.23. The molecule has 1 heterocycles. The van der Waals surface area contributed by atoms with Gasteiger partial charge in [-0.2, -0.15) is 0 Å². The van der Waals surface area contributed by atoms with Gasteiger partial charge >= 0.3 is 0 Å². The molecule has 0 spiro atoms. The van der Waals surface area contributed by atoms with Crippen LogP contribution in [-0.4, -0.2) is 21.5 Å². The van der Waals surface area contributed by atoms with E-state index in [0.29, 0.717) is 19.0 Å². The van der Waals surface area contributed by atoms with Gasteiger partial charge in [0.15, 0.2) is 0 Å². The van der Waals surface area contributed by atoms with E-state index in [1.807, 2.05) is 11.5 Å². The van der Waals surface area contributed by atoms with Crippen molar-refractivity contribution in [2.75, 3.05) is 0 Å². The number of hydrogen-bond acceptors (Lipinski definition) is 3. The van der Waals surface area contributed by atoms with Gasteiger partial charge in [-0.1, -0.05) is 0 Å². The summed E-state index contributed by atoms with van der Waals surface area (Å²) in [5, 5.41) is 2.96. The maximum absolute atomic E-state index is 11.5. The summed E-state index contributed by atoms with van der Waals surface area (Å²) < 4.78 is 1.94. The number of amides is 1. The van der Waals surface area contributed by atoms with E-state index >= 15 is 0 Å². The molecule has 2 rings (SSSR count). The lowest BCUT2D eigenvalue weighted by Gasteiger charge is -2.10. The molecule has 5 heteroatoms. The molecule has 1 fully saturated rings. The van der Waals surface area contributed by atoms with Crippen molar-refractivity contribution in [3.8, 4) is 0 Å². The molecule has 1 aliphatic carbocycles. The van der Waals surface area contributed by atoms with Gasteiger partial charge in [-0.25, -0.2) is 4.98 Å². The van der Waals surface area contributed by atoms with Crippen LogP contribution in [0.15, 0.2) is 12.5 Å². The second kappa shape index (κ2) is 4.65. The van der Waals surface area contributed by atoms with Crippen LogP contribution in [0.3, 0.4) is 0 Å². The first-order valence-electron chi connectivity index (χ1n) is 5.72. The maximum Gasteiger partial charge on any atom is 0.222 e. The highest BCUT2D eigenvalue weighted by Gasteiger charge is 2.22. The fourth-order valence-corrected chi connectivity index (χ4v) is 1.65. The predicted molar refractivity (Wildman–Crippen MR) is 60.6 cm³/mol. The molecule has 1 atom stereocenters. The number of rotatable bonds is 5. The van der Waals surface area contributed by atoms with Gasteiger partial charge in [0.05, 0.1) is 12.0 Å². The molecule has 1 amide bonds. The number of nitrogens with zero attached hydrogens (tertiary/aromatic N) is 2. The normalized spacial score (nSPS) is 17.1. The largest absolute Gasteiger partial charge is 0.353 e. The Bertz CT molecular complexity index is 368. The van der Waals surface area contributed by atoms with Crippen molar-refractivity contribution in [3.63, 3.8) is 0 Å². The number of nitrogens with two attached hydrogens (primary N) is 1. The Hall–Kier alpha value is -1.36. The number of aryl methyl sites for hydroxylation is 1. The fraction of sp³-hybridized carbons (Fsp3) is 0.636. The third kappa shape index (κ3) is 2.82. The van der Waals surface area contributed by atoms with Crippen LogP contribution in [0.5, 0.6) is 0 Å². The average molecular weight is 222 g/mol. The summed E-state index contributed by atoms with van der Waals surface area (Å²) in [5.41, 5.74) is 6.77. The number of carbonyl (C=O) groups excluding carboxylic acids is 1. The van der Waals surface area contributed by atoms with Crippen LogP contribution in [0.4, 0.5) is 0 Å². The molecule has 3 N–H and O–H groups in total. The van der Waals surface area contributed by atoms with Crippen molar-refractivity contribution >= 4 is 5.91 Å². The van der Waals surface area contributed by atoms with Crippen LogP contribution >= 0.6 is 0 Å². The molecule has 1 aliphatic rings. The highest BCUT2D eigenvalue weighted by atomic mass is 16.1. The zero-order chi connectivity index (χ0) is 11.5. The molecule has 88 valence electrons. The summed E-state index contributed by atoms with van der Waals surface area (Å²) in [6.45, 7) is 2.56. The lowest BCUT2D eigenvalue weighted by Crippen LogP contribution is -2.26. The van der Waals surface area contributed by atoms with Gasteiger partial charge in [-0.15, -0.1) is 0 Å². The lowest BCUT2D eigenvalue weighted by atomic mass is 10.2. The van der Waals surface area contributed by atoms with E-state index in [1.165, 1.54) is 0 Å². The quantitative estimate of drug-likeness (QED) is 0.765. The van der Waals surface area contributed by atoms with Gasteiger partial charge in [0.2, 0.25) is 5.91 Å². The van der Waals surface area contributed by atoms with E-state index in [0.717, 1.165) is 18.5 Å². The van der Waals surface area contributed by atoms with Gasteiger partial charge in [0.25, 0.3) is 0 Å². The van der Waals surface area contributed by atoms with Gasteiger partial charge in [0, 0.05) is 31.2 Å². The predicted octanol–water partition coefficient (Wildman–Crippen LogP) is 0.571. The minimum atomic E-state index is -0.0472. The molecule has 0 saturated heterocycles. The monoisotopic (exact) mass is 222 g/mol. The first kappa shape index (κ1) is 11.1. The zero-order valence-corrected chi connectivity index (χ0v) is 9.52. The standard InChI is InChI=1S/C11H18N4O/c1-8(12)10-6-13-7-15(10)5-4-11(16)14-9-2-3-9/h6-9H,2-5,12H2,1H3,(H,14,16)/t8-/m1/s1. The molecule has 1 aromatic heterocycles. The smallest absolute Gasteiger partial charge is 0.222 e. The number of carbonyl (C=O) groups is 1. The number of aromatic nitrogens is 2. The van der Waals surface area contributed by atoms with Crippen molar-refractivity contribution in [2.45, 2.75) is 44.8 Å². The lowest BCUT2D eigenvalue weighted by molar-refractivity contribution is -0.121. The van der Waals surface area contributed by atoms with Crippen LogP contribution in [0.2, 0.25) is 0 Å². The van der Waals surface area contributed by atoms with Gasteiger partial charge in [-0.3, -0.25) is 4.79 Å². The molecule has 0 unspecified atom stereocenters. The molecule has 0 aliphatic heterocycles. The van der Waals surface area contributed by atoms with Crippen molar-refractivity contribution in [3.05, 3.63) is 18.2 Å². The van der Waals surface area contributed by atoms with Crippen molar-refractivity contribution in [1.29, 1.82) is 0 Å². The second-order valence-corrected chi connectivity index (χ2v) is 4.39. The van der Waals surface area contributed by atoms with Crippen LogP contribution in [0.25, 0.3) is 0 Å². The van der Waals surface area contributed by atoms with E-state index in [4.69, 9.17) is 5.73 Å². The summed E-state index contributed by atoms with van der Waals surface area (Å²) in [5.74, 6) is 0.117. The Morgan fingerprint density at radius 2 is 2.50 bits per heavy atom. The third-order valence-electron chi connectivity index (χ3n) is 2.73. The summed E-state index contributed by atoms with van der Waals surface area (Å²) in [4.78, 5) is 15.5. The van der Waals surface area contributed by atoms with E-state index in [2.05, 4.69) is 10.3 Å². The molecule has 0 aromatic carbocycles. The molecular formula is C11H18N4O. The summed E-state index contributed by atoms with van der Waals surface area (Å²) in [6, 6.07) is 0.386. The van der Waals surface area contributed by atoms with E-state index in [1.54, 1.807) is 12.5 Å². The molecule has 16 heavy (non-hydrogen) atoms. The zero-order valence-electron chi connectivity index (χ0n) is 9.52. The Morgan fingerprint density at radius 1 is 1.75 bits per heavy atom. The highest BCUT2D eigenvalue weighted by Crippen LogP contribution is 2.18. The minimum Gasteiger partial charge on any atom is -0.353 e. The summed E-state index contributed by atoms with van der Waals surface area (Å²) in [7, 11) is 0. The Kier molecular flexibility index (Phi) is 3.24. The number of imidazole rings is 1. The maximum atomic E-state index is 11.5.